The van der Waals surface area contributed by atoms with Crippen LogP contribution in [0, 0.1) is 0 Å². The molecule has 0 saturated heterocycles. The van der Waals surface area contributed by atoms with Crippen LogP contribution < -0.4 is 0 Å². The Morgan fingerprint density at radius 2 is 0.639 bits per heavy atom. The predicted molar refractivity (Wildman–Crippen MR) is 261 cm³/mol. The molecule has 348 valence electrons. The number of rotatable bonds is 44. The maximum atomic E-state index is 12.8. The van der Waals surface area contributed by atoms with E-state index in [0.29, 0.717) is 19.3 Å². The molecule has 0 aromatic rings. The number of esters is 3. The summed E-state index contributed by atoms with van der Waals surface area (Å²) in [5, 5.41) is 0. The van der Waals surface area contributed by atoms with E-state index in [1.165, 1.54) is 64.2 Å². The molecular weight excluding hydrogens is 757 g/mol. The zero-order valence-corrected chi connectivity index (χ0v) is 39.7. The van der Waals surface area contributed by atoms with E-state index in [2.05, 4.69) is 106 Å². The number of allylic oxidation sites excluding steroid dienone is 14. The summed E-state index contributed by atoms with van der Waals surface area (Å²) in [4.78, 5) is 37.9. The average Bonchev–Trinajstić information content (AvgIpc) is 3.26. The second-order valence-electron chi connectivity index (χ2n) is 16.3. The molecular formula is C55H92O6. The zero-order valence-electron chi connectivity index (χ0n) is 39.7. The van der Waals surface area contributed by atoms with E-state index >= 15 is 0 Å². The van der Waals surface area contributed by atoms with Crippen molar-refractivity contribution in [2.45, 2.75) is 232 Å². The van der Waals surface area contributed by atoms with E-state index in [9.17, 15) is 14.4 Å². The molecule has 6 nitrogen and oxygen atoms in total. The van der Waals surface area contributed by atoms with Gasteiger partial charge in [0.05, 0.1) is 0 Å². The van der Waals surface area contributed by atoms with E-state index < -0.39 is 6.10 Å². The molecule has 0 N–H and O–H groups in total. The Hall–Kier alpha value is -3.41. The van der Waals surface area contributed by atoms with Crippen LogP contribution in [0.5, 0.6) is 0 Å². The van der Waals surface area contributed by atoms with Gasteiger partial charge in [-0.15, -0.1) is 0 Å². The van der Waals surface area contributed by atoms with Crippen LogP contribution in [0.1, 0.15) is 226 Å². The van der Waals surface area contributed by atoms with Crippen molar-refractivity contribution in [2.24, 2.45) is 0 Å². The summed E-state index contributed by atoms with van der Waals surface area (Å²) in [6.45, 7) is 6.41. The third-order valence-electron chi connectivity index (χ3n) is 10.4. The molecule has 61 heavy (non-hydrogen) atoms. The normalized spacial score (nSPS) is 12.8. The van der Waals surface area contributed by atoms with Gasteiger partial charge in [-0.1, -0.05) is 176 Å². The molecule has 0 fully saturated rings. The minimum absolute atomic E-state index is 0.101. The SMILES string of the molecule is CC/C=C\C/C=C\C/C=C\C/C=C\CCCCC(=O)OC[C@@H](COC(=O)CCCCCCC/C=C\CCCCCC)OC(=O)CCCCCCC/C=C\C/C=C\CCCCC. The van der Waals surface area contributed by atoms with Crippen LogP contribution in [0.25, 0.3) is 0 Å². The second kappa shape index (κ2) is 49.2. The van der Waals surface area contributed by atoms with Gasteiger partial charge < -0.3 is 14.2 Å². The summed E-state index contributed by atoms with van der Waals surface area (Å²) in [5.41, 5.74) is 0. The number of unbranched alkanes of at least 4 members (excludes halogenated alkanes) is 19. The molecule has 0 aromatic heterocycles. The maximum Gasteiger partial charge on any atom is 0.306 e. The van der Waals surface area contributed by atoms with Crippen molar-refractivity contribution in [1.82, 2.24) is 0 Å². The van der Waals surface area contributed by atoms with Crippen molar-refractivity contribution in [2.75, 3.05) is 13.2 Å². The quantitative estimate of drug-likeness (QED) is 0.0263. The average molecular weight is 849 g/mol. The van der Waals surface area contributed by atoms with Crippen molar-refractivity contribution in [3.8, 4) is 0 Å². The van der Waals surface area contributed by atoms with Gasteiger partial charge in [0, 0.05) is 19.3 Å². The highest BCUT2D eigenvalue weighted by atomic mass is 16.6. The lowest BCUT2D eigenvalue weighted by Crippen LogP contribution is -2.30. The van der Waals surface area contributed by atoms with Crippen LogP contribution in [0.3, 0.4) is 0 Å². The fourth-order valence-corrected chi connectivity index (χ4v) is 6.57. The largest absolute Gasteiger partial charge is 0.462 e. The minimum atomic E-state index is -0.803. The highest BCUT2D eigenvalue weighted by Crippen LogP contribution is 2.13. The van der Waals surface area contributed by atoms with Crippen molar-refractivity contribution < 1.29 is 28.6 Å². The number of carbonyl (C=O) groups excluding carboxylic acids is 3. The Kier molecular flexibility index (Phi) is 46.5. The number of ether oxygens (including phenoxy) is 3. The highest BCUT2D eigenvalue weighted by Gasteiger charge is 2.19. The number of hydrogen-bond donors (Lipinski definition) is 0. The van der Waals surface area contributed by atoms with Gasteiger partial charge in [-0.3, -0.25) is 14.4 Å². The first kappa shape index (κ1) is 57.6. The van der Waals surface area contributed by atoms with Gasteiger partial charge in [0.1, 0.15) is 13.2 Å². The van der Waals surface area contributed by atoms with Crippen LogP contribution in [0.4, 0.5) is 0 Å². The Morgan fingerprint density at radius 3 is 1.08 bits per heavy atom. The van der Waals surface area contributed by atoms with E-state index in [1.54, 1.807) is 0 Å². The molecule has 0 heterocycles. The smallest absolute Gasteiger partial charge is 0.306 e. The summed E-state index contributed by atoms with van der Waals surface area (Å²) in [7, 11) is 0. The molecule has 0 saturated carbocycles. The van der Waals surface area contributed by atoms with E-state index in [1.807, 2.05) is 0 Å². The lowest BCUT2D eigenvalue weighted by molar-refractivity contribution is -0.167. The summed E-state index contributed by atoms with van der Waals surface area (Å²) in [6, 6.07) is 0. The third-order valence-corrected chi connectivity index (χ3v) is 10.4. The van der Waals surface area contributed by atoms with Crippen LogP contribution in [0.15, 0.2) is 85.1 Å². The van der Waals surface area contributed by atoms with Crippen molar-refractivity contribution >= 4 is 17.9 Å². The Bertz CT molecular complexity index is 1200. The first-order chi connectivity index (χ1) is 30.0. The van der Waals surface area contributed by atoms with E-state index in [0.717, 1.165) is 122 Å². The first-order valence-electron chi connectivity index (χ1n) is 25.1. The molecule has 0 amide bonds. The first-order valence-corrected chi connectivity index (χ1v) is 25.1. The van der Waals surface area contributed by atoms with Gasteiger partial charge in [-0.05, 0) is 116 Å². The number of carbonyl (C=O) groups is 3. The Balaban J connectivity index is 4.50. The summed E-state index contributed by atoms with van der Waals surface area (Å²) in [6.07, 6.45) is 62.8. The topological polar surface area (TPSA) is 78.9 Å². The molecule has 0 aliphatic carbocycles. The fraction of sp³-hybridized carbons (Fsp3) is 0.691. The Labute approximate surface area is 375 Å². The van der Waals surface area contributed by atoms with Gasteiger partial charge in [-0.25, -0.2) is 0 Å². The molecule has 0 unspecified atom stereocenters. The molecule has 0 aromatic carbocycles. The van der Waals surface area contributed by atoms with Gasteiger partial charge in [0.2, 0.25) is 0 Å². The molecule has 0 radical (unpaired) electrons. The van der Waals surface area contributed by atoms with Gasteiger partial charge >= 0.3 is 17.9 Å². The minimum Gasteiger partial charge on any atom is -0.462 e. The predicted octanol–water partition coefficient (Wildman–Crippen LogP) is 16.4. The molecule has 0 aliphatic rings. The van der Waals surface area contributed by atoms with Crippen LogP contribution in [-0.4, -0.2) is 37.2 Å². The van der Waals surface area contributed by atoms with E-state index in [4.69, 9.17) is 14.2 Å². The molecule has 0 spiro atoms. The van der Waals surface area contributed by atoms with Crippen molar-refractivity contribution in [1.29, 1.82) is 0 Å². The van der Waals surface area contributed by atoms with Crippen LogP contribution in [0.2, 0.25) is 0 Å². The summed E-state index contributed by atoms with van der Waals surface area (Å²) >= 11 is 0. The lowest BCUT2D eigenvalue weighted by Gasteiger charge is -2.18. The standard InChI is InChI=1S/C55H92O6/c1-4-7-10-13-16-19-22-25-27-30-33-36-39-42-45-48-54(57)60-51-52(50-59-53(56)47-44-41-38-35-32-29-24-21-18-15-12-9-6-3)61-55(58)49-46-43-40-37-34-31-28-26-23-20-17-14-11-8-5-2/h7,10,16-17,19-21,24-28,33,36,52H,4-6,8-9,11-15,18,22-23,29-32,34-35,37-51H2,1-3H3/b10-7-,19-16-,20-17-,24-21-,27-25-,28-26-,36-33-/t52-/m1/s1. The van der Waals surface area contributed by atoms with Gasteiger partial charge in [0.15, 0.2) is 6.10 Å². The summed E-state index contributed by atoms with van der Waals surface area (Å²) in [5.74, 6) is -0.969. The molecule has 6 heteroatoms. The van der Waals surface area contributed by atoms with Crippen molar-refractivity contribution in [3.05, 3.63) is 85.1 Å². The lowest BCUT2D eigenvalue weighted by atomic mass is 10.1. The van der Waals surface area contributed by atoms with Gasteiger partial charge in [0.25, 0.3) is 0 Å². The monoisotopic (exact) mass is 849 g/mol. The van der Waals surface area contributed by atoms with Crippen molar-refractivity contribution in [3.63, 3.8) is 0 Å². The van der Waals surface area contributed by atoms with Crippen LogP contribution in [-0.2, 0) is 28.6 Å². The molecule has 0 bridgehead atoms. The molecule has 1 atom stereocenters. The third kappa shape index (κ3) is 47.5. The fourth-order valence-electron chi connectivity index (χ4n) is 6.57. The number of hydrogen-bond acceptors (Lipinski definition) is 6. The second-order valence-corrected chi connectivity index (χ2v) is 16.3. The Morgan fingerprint density at radius 1 is 0.344 bits per heavy atom. The molecule has 0 aliphatic heterocycles. The highest BCUT2D eigenvalue weighted by molar-refractivity contribution is 5.71. The maximum absolute atomic E-state index is 12.8. The van der Waals surface area contributed by atoms with Crippen LogP contribution >= 0.6 is 0 Å². The molecule has 0 rings (SSSR count). The summed E-state index contributed by atoms with van der Waals surface area (Å²) < 4.78 is 16.7. The van der Waals surface area contributed by atoms with Gasteiger partial charge in [-0.2, -0.15) is 0 Å². The zero-order chi connectivity index (χ0) is 44.4. The van der Waals surface area contributed by atoms with E-state index in [-0.39, 0.29) is 31.1 Å².